The molecule has 0 unspecified atom stereocenters. The van der Waals surface area contributed by atoms with Crippen molar-refractivity contribution in [2.45, 2.75) is 0 Å². The zero-order chi connectivity index (χ0) is 27.9. The molecular formula is C38H24N4. The molecule has 0 aliphatic rings. The van der Waals surface area contributed by atoms with Crippen LogP contribution in [0.2, 0.25) is 0 Å². The maximum Gasteiger partial charge on any atom is 0.164 e. The standard InChI is InChI=1S/C38H24N4/c1-3-8-30-22-32(18-12-25(30)6-1)37-40-36(41-38(42-37)33-19-13-26-7-2-4-9-31(26)23-33)29-16-14-28(15-17-29)34-11-5-10-27-20-21-39-24-35(27)34/h1-24H. The van der Waals surface area contributed by atoms with E-state index in [1.807, 2.05) is 18.5 Å². The van der Waals surface area contributed by atoms with E-state index >= 15 is 0 Å². The van der Waals surface area contributed by atoms with E-state index in [1.165, 1.54) is 16.2 Å². The average molecular weight is 537 g/mol. The van der Waals surface area contributed by atoms with E-state index in [4.69, 9.17) is 15.0 Å². The van der Waals surface area contributed by atoms with Gasteiger partial charge >= 0.3 is 0 Å². The van der Waals surface area contributed by atoms with Crippen LogP contribution in [0.25, 0.3) is 77.6 Å². The van der Waals surface area contributed by atoms with E-state index < -0.39 is 0 Å². The summed E-state index contributed by atoms with van der Waals surface area (Å²) in [6.45, 7) is 0. The van der Waals surface area contributed by atoms with Crippen LogP contribution >= 0.6 is 0 Å². The summed E-state index contributed by atoms with van der Waals surface area (Å²) in [5.41, 5.74) is 5.12. The molecule has 0 atom stereocenters. The van der Waals surface area contributed by atoms with E-state index in [2.05, 4.69) is 132 Å². The summed E-state index contributed by atoms with van der Waals surface area (Å²) in [6.07, 6.45) is 3.76. The van der Waals surface area contributed by atoms with Crippen molar-refractivity contribution in [2.75, 3.05) is 0 Å². The normalized spacial score (nSPS) is 11.3. The quantitative estimate of drug-likeness (QED) is 0.225. The summed E-state index contributed by atoms with van der Waals surface area (Å²) >= 11 is 0. The van der Waals surface area contributed by atoms with Crippen molar-refractivity contribution in [1.29, 1.82) is 0 Å². The van der Waals surface area contributed by atoms with E-state index in [-0.39, 0.29) is 0 Å². The number of nitrogens with zero attached hydrogens (tertiary/aromatic N) is 4. The molecule has 0 amide bonds. The van der Waals surface area contributed by atoms with Gasteiger partial charge in [-0.05, 0) is 56.3 Å². The maximum atomic E-state index is 4.99. The van der Waals surface area contributed by atoms with Crippen molar-refractivity contribution < 1.29 is 0 Å². The molecule has 0 radical (unpaired) electrons. The average Bonchev–Trinajstić information content (AvgIpc) is 3.07. The van der Waals surface area contributed by atoms with Crippen LogP contribution in [0.3, 0.4) is 0 Å². The van der Waals surface area contributed by atoms with Gasteiger partial charge in [0, 0.05) is 34.5 Å². The van der Waals surface area contributed by atoms with Crippen LogP contribution in [0.1, 0.15) is 0 Å². The van der Waals surface area contributed by atoms with E-state index in [1.54, 1.807) is 0 Å². The maximum absolute atomic E-state index is 4.99. The first-order valence-corrected chi connectivity index (χ1v) is 14.0. The molecule has 0 fully saturated rings. The summed E-state index contributed by atoms with van der Waals surface area (Å²) in [4.78, 5) is 19.3. The Hall–Kier alpha value is -5.74. The number of hydrogen-bond donors (Lipinski definition) is 0. The number of pyridine rings is 1. The fourth-order valence-corrected chi connectivity index (χ4v) is 5.58. The SMILES string of the molecule is c1ccc2cc(-c3nc(-c4ccc(-c5cccc6ccncc56)cc4)nc(-c4ccc5ccccc5c4)n3)ccc2c1. The first kappa shape index (κ1) is 24.1. The van der Waals surface area contributed by atoms with Crippen molar-refractivity contribution in [1.82, 2.24) is 19.9 Å². The van der Waals surface area contributed by atoms with Crippen LogP contribution < -0.4 is 0 Å². The minimum atomic E-state index is 0.641. The fraction of sp³-hybridized carbons (Fsp3) is 0. The lowest BCUT2D eigenvalue weighted by atomic mass is 9.98. The summed E-state index contributed by atoms with van der Waals surface area (Å²) in [6, 6.07) is 46.2. The lowest BCUT2D eigenvalue weighted by Crippen LogP contribution is -2.00. The van der Waals surface area contributed by atoms with Gasteiger partial charge in [-0.25, -0.2) is 15.0 Å². The van der Waals surface area contributed by atoms with Gasteiger partial charge in [-0.3, -0.25) is 4.98 Å². The first-order valence-electron chi connectivity index (χ1n) is 14.0. The summed E-state index contributed by atoms with van der Waals surface area (Å²) in [7, 11) is 0. The number of fused-ring (bicyclic) bond motifs is 3. The van der Waals surface area contributed by atoms with Crippen molar-refractivity contribution in [3.63, 3.8) is 0 Å². The van der Waals surface area contributed by atoms with Gasteiger partial charge in [0.05, 0.1) is 0 Å². The Bertz CT molecular complexity index is 2150. The topological polar surface area (TPSA) is 51.6 Å². The zero-order valence-corrected chi connectivity index (χ0v) is 22.6. The van der Waals surface area contributed by atoms with Crippen molar-refractivity contribution in [3.8, 4) is 45.3 Å². The predicted molar refractivity (Wildman–Crippen MR) is 172 cm³/mol. The second-order valence-electron chi connectivity index (χ2n) is 10.4. The summed E-state index contributed by atoms with van der Waals surface area (Å²) in [5.74, 6) is 1.94. The Morgan fingerprint density at radius 1 is 0.357 bits per heavy atom. The summed E-state index contributed by atoms with van der Waals surface area (Å²) < 4.78 is 0. The molecule has 0 saturated heterocycles. The molecule has 0 aliphatic carbocycles. The Labute approximate surface area is 243 Å². The van der Waals surface area contributed by atoms with Crippen LogP contribution in [0, 0.1) is 0 Å². The number of aromatic nitrogens is 4. The van der Waals surface area contributed by atoms with Gasteiger partial charge in [0.15, 0.2) is 17.5 Å². The minimum Gasteiger partial charge on any atom is -0.264 e. The largest absolute Gasteiger partial charge is 0.264 e. The number of rotatable bonds is 4. The third kappa shape index (κ3) is 4.36. The van der Waals surface area contributed by atoms with Gasteiger partial charge in [-0.2, -0.15) is 0 Å². The molecular weight excluding hydrogens is 512 g/mol. The third-order valence-electron chi connectivity index (χ3n) is 7.79. The molecule has 8 rings (SSSR count). The minimum absolute atomic E-state index is 0.641. The third-order valence-corrected chi connectivity index (χ3v) is 7.79. The van der Waals surface area contributed by atoms with Crippen molar-refractivity contribution >= 4 is 32.3 Å². The molecule has 0 spiro atoms. The second kappa shape index (κ2) is 10.0. The highest BCUT2D eigenvalue weighted by Gasteiger charge is 2.14. The molecule has 196 valence electrons. The molecule has 4 nitrogen and oxygen atoms in total. The Morgan fingerprint density at radius 2 is 0.857 bits per heavy atom. The highest BCUT2D eigenvalue weighted by molar-refractivity contribution is 5.96. The Kier molecular flexibility index (Phi) is 5.75. The van der Waals surface area contributed by atoms with Gasteiger partial charge < -0.3 is 0 Å². The van der Waals surface area contributed by atoms with Crippen LogP contribution in [-0.4, -0.2) is 19.9 Å². The molecule has 4 heteroatoms. The molecule has 2 aromatic heterocycles. The molecule has 2 heterocycles. The van der Waals surface area contributed by atoms with E-state index in [0.717, 1.165) is 44.0 Å². The lowest BCUT2D eigenvalue weighted by Gasteiger charge is -2.11. The van der Waals surface area contributed by atoms with Crippen molar-refractivity contribution in [3.05, 3.63) is 146 Å². The second-order valence-corrected chi connectivity index (χ2v) is 10.4. The van der Waals surface area contributed by atoms with Crippen LogP contribution in [0.15, 0.2) is 146 Å². The monoisotopic (exact) mass is 536 g/mol. The fourth-order valence-electron chi connectivity index (χ4n) is 5.58. The predicted octanol–water partition coefficient (Wildman–Crippen LogP) is 9.39. The van der Waals surface area contributed by atoms with Crippen molar-refractivity contribution in [2.24, 2.45) is 0 Å². The van der Waals surface area contributed by atoms with Crippen LogP contribution in [0.4, 0.5) is 0 Å². The summed E-state index contributed by atoms with van der Waals surface area (Å²) in [5, 5.41) is 6.97. The van der Waals surface area contributed by atoms with Gasteiger partial charge in [0.25, 0.3) is 0 Å². The molecule has 0 aliphatic heterocycles. The highest BCUT2D eigenvalue weighted by Crippen LogP contribution is 2.32. The molecule has 42 heavy (non-hydrogen) atoms. The lowest BCUT2D eigenvalue weighted by molar-refractivity contribution is 1.08. The van der Waals surface area contributed by atoms with Gasteiger partial charge in [-0.1, -0.05) is 115 Å². The van der Waals surface area contributed by atoms with Crippen LogP contribution in [0.5, 0.6) is 0 Å². The van der Waals surface area contributed by atoms with Crippen LogP contribution in [-0.2, 0) is 0 Å². The van der Waals surface area contributed by atoms with Gasteiger partial charge in [0.1, 0.15) is 0 Å². The zero-order valence-electron chi connectivity index (χ0n) is 22.6. The number of hydrogen-bond acceptors (Lipinski definition) is 4. The van der Waals surface area contributed by atoms with Gasteiger partial charge in [0.2, 0.25) is 0 Å². The first-order chi connectivity index (χ1) is 20.8. The Morgan fingerprint density at radius 3 is 1.48 bits per heavy atom. The Balaban J connectivity index is 1.27. The molecule has 0 saturated carbocycles. The molecule has 0 N–H and O–H groups in total. The highest BCUT2D eigenvalue weighted by atomic mass is 15.0. The van der Waals surface area contributed by atoms with Gasteiger partial charge in [-0.15, -0.1) is 0 Å². The smallest absolute Gasteiger partial charge is 0.164 e. The molecule has 8 aromatic rings. The number of benzene rings is 6. The molecule has 0 bridgehead atoms. The van der Waals surface area contributed by atoms with E-state index in [9.17, 15) is 0 Å². The molecule has 6 aromatic carbocycles. The van der Waals surface area contributed by atoms with E-state index in [0.29, 0.717) is 17.5 Å².